The number of hydrogen-bond acceptors (Lipinski definition) is 4. The van der Waals surface area contributed by atoms with Crippen molar-refractivity contribution >= 4 is 21.6 Å². The van der Waals surface area contributed by atoms with Crippen LogP contribution in [0.4, 0.5) is 0 Å². The Morgan fingerprint density at radius 3 is 3.12 bits per heavy atom. The van der Waals surface area contributed by atoms with E-state index in [1.807, 2.05) is 11.3 Å². The van der Waals surface area contributed by atoms with Crippen LogP contribution in [0.15, 0.2) is 24.3 Å². The number of aromatic nitrogens is 1. The maximum Gasteiger partial charge on any atom is 0.0997 e. The van der Waals surface area contributed by atoms with Crippen LogP contribution in [-0.2, 0) is 0 Å². The summed E-state index contributed by atoms with van der Waals surface area (Å²) in [5, 5.41) is 8.15. The first-order valence-corrected chi connectivity index (χ1v) is 6.93. The number of nitrogens with zero attached hydrogens (tertiary/aromatic N) is 1. The molecule has 1 aliphatic heterocycles. The third-order valence-corrected chi connectivity index (χ3v) is 4.65. The van der Waals surface area contributed by atoms with E-state index in [9.17, 15) is 0 Å². The van der Waals surface area contributed by atoms with Crippen LogP contribution in [0.1, 0.15) is 17.3 Å². The molecule has 1 aliphatic rings. The fourth-order valence-electron chi connectivity index (χ4n) is 2.51. The predicted octanol–water partition coefficient (Wildman–Crippen LogP) is 1.96. The fraction of sp³-hybridized carbons (Fsp3) is 0.462. The van der Waals surface area contributed by atoms with Crippen LogP contribution in [-0.4, -0.2) is 31.2 Å². The highest BCUT2D eigenvalue weighted by Crippen LogP contribution is 2.31. The lowest BCUT2D eigenvalue weighted by Gasteiger charge is -2.30. The highest BCUT2D eigenvalue weighted by molar-refractivity contribution is 7.18. The van der Waals surface area contributed by atoms with E-state index in [1.165, 1.54) is 16.1 Å². The quantitative estimate of drug-likeness (QED) is 0.852. The molecular weight excluding hydrogens is 230 g/mol. The van der Waals surface area contributed by atoms with Gasteiger partial charge in [-0.3, -0.25) is 0 Å². The van der Waals surface area contributed by atoms with Crippen LogP contribution in [0, 0.1) is 0 Å². The summed E-state index contributed by atoms with van der Waals surface area (Å²) >= 11 is 1.83. The number of fused-ring (bicyclic) bond motifs is 1. The first kappa shape index (κ1) is 11.1. The molecule has 2 heterocycles. The van der Waals surface area contributed by atoms with Gasteiger partial charge in [0.05, 0.1) is 15.2 Å². The molecule has 17 heavy (non-hydrogen) atoms. The van der Waals surface area contributed by atoms with E-state index in [0.717, 1.165) is 18.6 Å². The largest absolute Gasteiger partial charge is 0.316 e. The van der Waals surface area contributed by atoms with Gasteiger partial charge >= 0.3 is 0 Å². The molecule has 4 heteroatoms. The van der Waals surface area contributed by atoms with Gasteiger partial charge in [-0.25, -0.2) is 4.98 Å². The molecule has 0 radical (unpaired) electrons. The average Bonchev–Trinajstić information content (AvgIpc) is 2.82. The van der Waals surface area contributed by atoms with Crippen molar-refractivity contribution in [3.8, 4) is 0 Å². The summed E-state index contributed by atoms with van der Waals surface area (Å²) < 4.78 is 1.29. The smallest absolute Gasteiger partial charge is 0.0997 e. The number of para-hydroxylation sites is 1. The monoisotopic (exact) mass is 247 g/mol. The Labute approximate surface area is 105 Å². The van der Waals surface area contributed by atoms with Gasteiger partial charge in [-0.05, 0) is 32.1 Å². The summed E-state index contributed by atoms with van der Waals surface area (Å²) in [5.74, 6) is 0.506. The SMILES string of the molecule is CNC1CCNCC1c1nc2ccccc2s1. The standard InChI is InChI=1S/C13H17N3S/c1-14-10-6-7-15-8-9(10)13-16-11-4-2-3-5-12(11)17-13/h2-5,9-10,14-15H,6-8H2,1H3. The molecule has 2 unspecified atom stereocenters. The minimum Gasteiger partial charge on any atom is -0.316 e. The molecule has 3 nitrogen and oxygen atoms in total. The molecule has 0 spiro atoms. The van der Waals surface area contributed by atoms with Crippen molar-refractivity contribution < 1.29 is 0 Å². The second-order valence-corrected chi connectivity index (χ2v) is 5.58. The third-order valence-electron chi connectivity index (χ3n) is 3.48. The Bertz CT molecular complexity index is 475. The molecular formula is C13H17N3S. The Morgan fingerprint density at radius 2 is 2.29 bits per heavy atom. The van der Waals surface area contributed by atoms with E-state index in [1.54, 1.807) is 0 Å². The lowest BCUT2D eigenvalue weighted by Crippen LogP contribution is -2.44. The Balaban J connectivity index is 1.96. The molecule has 0 saturated carbocycles. The molecule has 2 N–H and O–H groups in total. The maximum absolute atomic E-state index is 4.77. The second-order valence-electron chi connectivity index (χ2n) is 4.51. The van der Waals surface area contributed by atoms with Crippen molar-refractivity contribution in [1.82, 2.24) is 15.6 Å². The van der Waals surface area contributed by atoms with Crippen LogP contribution >= 0.6 is 11.3 Å². The number of hydrogen-bond donors (Lipinski definition) is 2. The Morgan fingerprint density at radius 1 is 1.41 bits per heavy atom. The summed E-state index contributed by atoms with van der Waals surface area (Å²) in [5.41, 5.74) is 1.13. The molecule has 0 bridgehead atoms. The van der Waals surface area contributed by atoms with Crippen LogP contribution < -0.4 is 10.6 Å². The number of benzene rings is 1. The zero-order valence-corrected chi connectivity index (χ0v) is 10.8. The predicted molar refractivity (Wildman–Crippen MR) is 72.7 cm³/mol. The van der Waals surface area contributed by atoms with Crippen LogP contribution in [0.5, 0.6) is 0 Å². The molecule has 1 saturated heterocycles. The van der Waals surface area contributed by atoms with E-state index < -0.39 is 0 Å². The first-order valence-electron chi connectivity index (χ1n) is 6.12. The van der Waals surface area contributed by atoms with Crippen molar-refractivity contribution in [3.63, 3.8) is 0 Å². The van der Waals surface area contributed by atoms with Gasteiger partial charge in [0.1, 0.15) is 0 Å². The summed E-state index contributed by atoms with van der Waals surface area (Å²) in [6, 6.07) is 8.94. The van der Waals surface area contributed by atoms with E-state index >= 15 is 0 Å². The zero-order chi connectivity index (χ0) is 11.7. The molecule has 90 valence electrons. The molecule has 2 atom stereocenters. The highest BCUT2D eigenvalue weighted by Gasteiger charge is 2.27. The number of rotatable bonds is 2. The molecule has 0 aliphatic carbocycles. The van der Waals surface area contributed by atoms with Crippen molar-refractivity contribution in [2.75, 3.05) is 20.1 Å². The summed E-state index contributed by atoms with van der Waals surface area (Å²) in [7, 11) is 2.05. The highest BCUT2D eigenvalue weighted by atomic mass is 32.1. The van der Waals surface area contributed by atoms with Gasteiger partial charge in [-0.2, -0.15) is 0 Å². The lowest BCUT2D eigenvalue weighted by atomic mass is 9.94. The molecule has 0 amide bonds. The van der Waals surface area contributed by atoms with E-state index in [4.69, 9.17) is 4.98 Å². The van der Waals surface area contributed by atoms with Gasteiger partial charge in [0.2, 0.25) is 0 Å². The number of thiazole rings is 1. The van der Waals surface area contributed by atoms with Crippen molar-refractivity contribution in [1.29, 1.82) is 0 Å². The normalized spacial score (nSPS) is 25.2. The van der Waals surface area contributed by atoms with Crippen molar-refractivity contribution in [2.45, 2.75) is 18.4 Å². The van der Waals surface area contributed by atoms with Gasteiger partial charge in [-0.1, -0.05) is 12.1 Å². The van der Waals surface area contributed by atoms with E-state index in [2.05, 4.69) is 41.9 Å². The summed E-state index contributed by atoms with van der Waals surface area (Å²) in [6.45, 7) is 2.14. The Kier molecular flexibility index (Phi) is 3.09. The van der Waals surface area contributed by atoms with Gasteiger partial charge < -0.3 is 10.6 Å². The molecule has 1 aromatic heterocycles. The van der Waals surface area contributed by atoms with Crippen LogP contribution in [0.25, 0.3) is 10.2 Å². The molecule has 3 rings (SSSR count). The van der Waals surface area contributed by atoms with Gasteiger partial charge in [0.25, 0.3) is 0 Å². The number of piperidine rings is 1. The first-order chi connectivity index (χ1) is 8.38. The maximum atomic E-state index is 4.77. The van der Waals surface area contributed by atoms with Gasteiger partial charge in [0, 0.05) is 18.5 Å². The molecule has 2 aromatic rings. The summed E-state index contributed by atoms with van der Waals surface area (Å²) in [6.07, 6.45) is 1.18. The van der Waals surface area contributed by atoms with Crippen molar-refractivity contribution in [2.24, 2.45) is 0 Å². The molecule has 1 aromatic carbocycles. The third kappa shape index (κ3) is 2.08. The van der Waals surface area contributed by atoms with Gasteiger partial charge in [-0.15, -0.1) is 11.3 Å². The van der Waals surface area contributed by atoms with Crippen LogP contribution in [0.2, 0.25) is 0 Å². The van der Waals surface area contributed by atoms with Crippen LogP contribution in [0.3, 0.4) is 0 Å². The van der Waals surface area contributed by atoms with Crippen molar-refractivity contribution in [3.05, 3.63) is 29.3 Å². The Hall–Kier alpha value is -0.970. The minimum atomic E-state index is 0.506. The van der Waals surface area contributed by atoms with E-state index in [-0.39, 0.29) is 0 Å². The fourth-order valence-corrected chi connectivity index (χ4v) is 3.65. The molecule has 1 fully saturated rings. The van der Waals surface area contributed by atoms with Gasteiger partial charge in [0.15, 0.2) is 0 Å². The van der Waals surface area contributed by atoms with E-state index in [0.29, 0.717) is 12.0 Å². The average molecular weight is 247 g/mol. The summed E-state index contributed by atoms with van der Waals surface area (Å²) in [4.78, 5) is 4.77. The number of nitrogens with one attached hydrogen (secondary N) is 2. The number of likely N-dealkylation sites (N-methyl/N-ethyl adjacent to an activating group) is 1. The lowest BCUT2D eigenvalue weighted by molar-refractivity contribution is 0.360. The minimum absolute atomic E-state index is 0.506. The second kappa shape index (κ2) is 4.72. The zero-order valence-electron chi connectivity index (χ0n) is 9.94. The topological polar surface area (TPSA) is 37.0 Å².